The predicted octanol–water partition coefficient (Wildman–Crippen LogP) is 5.36. The molecule has 0 saturated heterocycles. The maximum absolute atomic E-state index is 6.37. The zero-order chi connectivity index (χ0) is 21.7. The van der Waals surface area contributed by atoms with Crippen LogP contribution in [0.3, 0.4) is 0 Å². The fourth-order valence-corrected chi connectivity index (χ4v) is 5.26. The van der Waals surface area contributed by atoms with E-state index in [1.807, 2.05) is 18.2 Å². The summed E-state index contributed by atoms with van der Waals surface area (Å²) in [6.07, 6.45) is 5.26. The first-order valence-corrected chi connectivity index (χ1v) is 11.2. The number of nitrogens with zero attached hydrogens (tertiary/aromatic N) is 3. The molecule has 6 rings (SSSR count). The number of fused-ring (bicyclic) bond motifs is 3. The van der Waals surface area contributed by atoms with E-state index in [1.165, 1.54) is 6.42 Å². The monoisotopic (exact) mass is 423 g/mol. The Morgan fingerprint density at radius 2 is 1.56 bits per heavy atom. The average Bonchev–Trinajstić information content (AvgIpc) is 3.18. The van der Waals surface area contributed by atoms with Crippen LogP contribution < -0.4 is 16.4 Å². The SMILES string of the molecule is NC1=NC2(CCCCC2)N(c2ccc(-c3cccc4c3oc3ccccc34)cc2)C(N)=N1. The van der Waals surface area contributed by atoms with E-state index in [1.54, 1.807) is 0 Å². The number of para-hydroxylation sites is 2. The van der Waals surface area contributed by atoms with Gasteiger partial charge in [-0.3, -0.25) is 4.90 Å². The van der Waals surface area contributed by atoms with Crippen molar-refractivity contribution < 1.29 is 4.42 Å². The zero-order valence-electron chi connectivity index (χ0n) is 17.8. The number of hydrogen-bond donors (Lipinski definition) is 2. The summed E-state index contributed by atoms with van der Waals surface area (Å²) in [7, 11) is 0. The summed E-state index contributed by atoms with van der Waals surface area (Å²) < 4.78 is 6.22. The molecule has 2 heterocycles. The van der Waals surface area contributed by atoms with Gasteiger partial charge in [0.2, 0.25) is 11.9 Å². The van der Waals surface area contributed by atoms with Crippen molar-refractivity contribution in [3.05, 3.63) is 66.7 Å². The number of furan rings is 1. The van der Waals surface area contributed by atoms with Crippen LogP contribution in [0.2, 0.25) is 0 Å². The van der Waals surface area contributed by atoms with Crippen molar-refractivity contribution in [2.75, 3.05) is 4.90 Å². The third-order valence-corrected chi connectivity index (χ3v) is 6.69. The normalized spacial score (nSPS) is 18.2. The van der Waals surface area contributed by atoms with Crippen LogP contribution in [0.25, 0.3) is 33.1 Å². The molecule has 1 fully saturated rings. The minimum Gasteiger partial charge on any atom is -0.455 e. The summed E-state index contributed by atoms with van der Waals surface area (Å²) in [6.45, 7) is 0. The first-order chi connectivity index (χ1) is 15.6. The van der Waals surface area contributed by atoms with Crippen molar-refractivity contribution >= 4 is 39.5 Å². The molecule has 0 radical (unpaired) electrons. The molecule has 0 bridgehead atoms. The molecule has 1 aliphatic heterocycles. The Balaban J connectivity index is 1.42. The van der Waals surface area contributed by atoms with Crippen LogP contribution in [-0.2, 0) is 0 Å². The molecule has 2 aliphatic rings. The van der Waals surface area contributed by atoms with E-state index >= 15 is 0 Å². The summed E-state index contributed by atoms with van der Waals surface area (Å²) in [5.41, 5.74) is 16.9. The molecule has 4 N–H and O–H groups in total. The van der Waals surface area contributed by atoms with Gasteiger partial charge in [-0.15, -0.1) is 0 Å². The Hall–Kier alpha value is -3.80. The molecule has 1 aromatic heterocycles. The van der Waals surface area contributed by atoms with Crippen LogP contribution in [0.1, 0.15) is 32.1 Å². The first kappa shape index (κ1) is 18.9. The molecule has 1 aliphatic carbocycles. The molecule has 0 amide bonds. The van der Waals surface area contributed by atoms with Crippen LogP contribution >= 0.6 is 0 Å². The van der Waals surface area contributed by atoms with Crippen molar-refractivity contribution in [3.8, 4) is 11.1 Å². The Bertz CT molecular complexity index is 1380. The molecule has 4 aromatic rings. The van der Waals surface area contributed by atoms with Crippen LogP contribution in [0.15, 0.2) is 81.1 Å². The molecule has 1 saturated carbocycles. The summed E-state index contributed by atoms with van der Waals surface area (Å²) in [6, 6.07) is 22.9. The highest BCUT2D eigenvalue weighted by molar-refractivity contribution is 6.10. The summed E-state index contributed by atoms with van der Waals surface area (Å²) in [4.78, 5) is 11.1. The third kappa shape index (κ3) is 2.87. The first-order valence-electron chi connectivity index (χ1n) is 11.2. The van der Waals surface area contributed by atoms with Gasteiger partial charge in [0.1, 0.15) is 16.8 Å². The van der Waals surface area contributed by atoms with Gasteiger partial charge in [-0.05, 0) is 49.4 Å². The van der Waals surface area contributed by atoms with Gasteiger partial charge in [0.25, 0.3) is 0 Å². The minimum absolute atomic E-state index is 0.272. The molecule has 6 heteroatoms. The smallest absolute Gasteiger partial charge is 0.220 e. The topological polar surface area (TPSA) is 93.1 Å². The van der Waals surface area contributed by atoms with Crippen molar-refractivity contribution in [2.45, 2.75) is 37.8 Å². The van der Waals surface area contributed by atoms with E-state index in [9.17, 15) is 0 Å². The molecule has 160 valence electrons. The molecule has 0 atom stereocenters. The quantitative estimate of drug-likeness (QED) is 0.454. The highest BCUT2D eigenvalue weighted by Crippen LogP contribution is 2.41. The second-order valence-corrected chi connectivity index (χ2v) is 8.65. The van der Waals surface area contributed by atoms with Crippen LogP contribution in [0, 0.1) is 0 Å². The molecule has 6 nitrogen and oxygen atoms in total. The number of anilines is 1. The molecule has 1 spiro atoms. The third-order valence-electron chi connectivity index (χ3n) is 6.69. The molecule has 32 heavy (non-hydrogen) atoms. The minimum atomic E-state index is -0.436. The van der Waals surface area contributed by atoms with Crippen molar-refractivity contribution in [2.24, 2.45) is 21.5 Å². The van der Waals surface area contributed by atoms with Gasteiger partial charge in [-0.1, -0.05) is 55.0 Å². The maximum atomic E-state index is 6.37. The van der Waals surface area contributed by atoms with E-state index in [-0.39, 0.29) is 5.96 Å². The largest absolute Gasteiger partial charge is 0.455 e. The Morgan fingerprint density at radius 1 is 0.812 bits per heavy atom. The van der Waals surface area contributed by atoms with Gasteiger partial charge in [-0.2, -0.15) is 4.99 Å². The fraction of sp³-hybridized carbons (Fsp3) is 0.231. The number of hydrogen-bond acceptors (Lipinski definition) is 6. The van der Waals surface area contributed by atoms with Gasteiger partial charge in [0.05, 0.1) is 0 Å². The standard InChI is InChI=1S/C26H25N5O/c27-24-29-25(28)31(26(30-24)15-4-1-5-16-26)18-13-11-17(12-14-18)19-8-6-9-21-20-7-2-3-10-22(20)32-23(19)21/h2-3,6-14H,1,4-5,15-16H2,(H4,27,28,29,30). The van der Waals surface area contributed by atoms with E-state index < -0.39 is 5.66 Å². The van der Waals surface area contributed by atoms with Crippen LogP contribution in [0.5, 0.6) is 0 Å². The Labute approximate surface area is 186 Å². The van der Waals surface area contributed by atoms with Gasteiger partial charge in [-0.25, -0.2) is 4.99 Å². The molecule has 0 unspecified atom stereocenters. The number of nitrogens with two attached hydrogens (primary N) is 2. The number of guanidine groups is 2. The fourth-order valence-electron chi connectivity index (χ4n) is 5.26. The van der Waals surface area contributed by atoms with Gasteiger partial charge >= 0.3 is 0 Å². The summed E-state index contributed by atoms with van der Waals surface area (Å²) >= 11 is 0. The number of benzene rings is 3. The average molecular weight is 424 g/mol. The zero-order valence-corrected chi connectivity index (χ0v) is 17.8. The lowest BCUT2D eigenvalue weighted by molar-refractivity contribution is 0.305. The van der Waals surface area contributed by atoms with Gasteiger partial charge in [0, 0.05) is 22.0 Å². The highest BCUT2D eigenvalue weighted by Gasteiger charge is 2.42. The summed E-state index contributed by atoms with van der Waals surface area (Å²) in [5, 5.41) is 2.26. The molecular weight excluding hydrogens is 398 g/mol. The van der Waals surface area contributed by atoms with Crippen LogP contribution in [-0.4, -0.2) is 17.6 Å². The lowest BCUT2D eigenvalue weighted by Crippen LogP contribution is -2.58. The summed E-state index contributed by atoms with van der Waals surface area (Å²) in [5.74, 6) is 0.681. The van der Waals surface area contributed by atoms with Crippen molar-refractivity contribution in [1.82, 2.24) is 0 Å². The second kappa shape index (κ2) is 7.12. The lowest BCUT2D eigenvalue weighted by Gasteiger charge is -2.45. The van der Waals surface area contributed by atoms with E-state index in [0.717, 1.165) is 64.4 Å². The lowest BCUT2D eigenvalue weighted by atomic mass is 9.87. The molecule has 3 aromatic carbocycles. The number of aliphatic imine (C=N–C) groups is 2. The van der Waals surface area contributed by atoms with Gasteiger partial charge < -0.3 is 15.9 Å². The Morgan fingerprint density at radius 3 is 2.38 bits per heavy atom. The van der Waals surface area contributed by atoms with Crippen molar-refractivity contribution in [3.63, 3.8) is 0 Å². The van der Waals surface area contributed by atoms with E-state index in [4.69, 9.17) is 20.9 Å². The van der Waals surface area contributed by atoms with E-state index in [0.29, 0.717) is 5.96 Å². The van der Waals surface area contributed by atoms with Gasteiger partial charge in [0.15, 0.2) is 0 Å². The Kier molecular flexibility index (Phi) is 4.21. The molecular formula is C26H25N5O. The maximum Gasteiger partial charge on any atom is 0.220 e. The van der Waals surface area contributed by atoms with Crippen molar-refractivity contribution in [1.29, 1.82) is 0 Å². The second-order valence-electron chi connectivity index (χ2n) is 8.65. The van der Waals surface area contributed by atoms with E-state index in [2.05, 4.69) is 58.4 Å². The van der Waals surface area contributed by atoms with Crippen LogP contribution in [0.4, 0.5) is 5.69 Å². The number of rotatable bonds is 2. The highest BCUT2D eigenvalue weighted by atomic mass is 16.3. The predicted molar refractivity (Wildman–Crippen MR) is 131 cm³/mol.